The first-order valence-corrected chi connectivity index (χ1v) is 12.4. The summed E-state index contributed by atoms with van der Waals surface area (Å²) in [6, 6.07) is 11.2. The van der Waals surface area contributed by atoms with Gasteiger partial charge in [-0.05, 0) is 83.2 Å². The summed E-state index contributed by atoms with van der Waals surface area (Å²) in [5.41, 5.74) is 1.71. The molecule has 0 spiro atoms. The number of allylic oxidation sites excluding steroid dienone is 2. The van der Waals surface area contributed by atoms with Gasteiger partial charge in [-0.1, -0.05) is 35.9 Å². The zero-order valence-electron chi connectivity index (χ0n) is 17.9. The molecule has 0 N–H and O–H groups in total. The molecule has 2 aromatic rings. The van der Waals surface area contributed by atoms with E-state index in [1.807, 2.05) is 43.3 Å². The molecule has 1 saturated heterocycles. The highest BCUT2D eigenvalue weighted by Crippen LogP contribution is 2.52. The van der Waals surface area contributed by atoms with Gasteiger partial charge in [0.25, 0.3) is 11.8 Å². The zero-order chi connectivity index (χ0) is 23.1. The average molecular weight is 577 g/mol. The zero-order valence-corrected chi connectivity index (χ0v) is 20.8. The number of carbonyl (C=O) groups excluding carboxylic acids is 2. The fourth-order valence-electron chi connectivity index (χ4n) is 4.93. The van der Waals surface area contributed by atoms with E-state index in [4.69, 9.17) is 21.1 Å². The van der Waals surface area contributed by atoms with Crippen molar-refractivity contribution in [3.05, 3.63) is 68.3 Å². The van der Waals surface area contributed by atoms with Crippen molar-refractivity contribution in [3.8, 4) is 11.5 Å². The van der Waals surface area contributed by atoms with Gasteiger partial charge in [-0.3, -0.25) is 9.59 Å². The van der Waals surface area contributed by atoms with Crippen LogP contribution >= 0.6 is 34.2 Å². The second-order valence-electron chi connectivity index (χ2n) is 8.41. The van der Waals surface area contributed by atoms with Gasteiger partial charge in [0.1, 0.15) is 6.61 Å². The predicted octanol–water partition coefficient (Wildman–Crippen LogP) is 5.06. The number of carbonyl (C=O) groups is 2. The highest BCUT2D eigenvalue weighted by Gasteiger charge is 2.59. The maximum absolute atomic E-state index is 12.8. The van der Waals surface area contributed by atoms with Crippen molar-refractivity contribution in [2.75, 3.05) is 6.61 Å². The van der Waals surface area contributed by atoms with Crippen LogP contribution in [0.1, 0.15) is 24.5 Å². The van der Waals surface area contributed by atoms with Crippen LogP contribution in [-0.4, -0.2) is 29.6 Å². The van der Waals surface area contributed by atoms with Gasteiger partial charge in [0, 0.05) is 5.02 Å². The summed E-state index contributed by atoms with van der Waals surface area (Å²) in [7, 11) is 0. The molecule has 0 radical (unpaired) electrons. The molecule has 33 heavy (non-hydrogen) atoms. The van der Waals surface area contributed by atoms with Crippen molar-refractivity contribution >= 4 is 52.2 Å². The Kier molecular flexibility index (Phi) is 6.18. The number of hydrazone groups is 1. The monoisotopic (exact) mass is 576 g/mol. The van der Waals surface area contributed by atoms with E-state index in [0.29, 0.717) is 29.7 Å². The van der Waals surface area contributed by atoms with Crippen molar-refractivity contribution < 1.29 is 19.1 Å². The molecule has 2 amide bonds. The Morgan fingerprint density at radius 2 is 1.76 bits per heavy atom. The third-order valence-electron chi connectivity index (χ3n) is 6.40. The third-order valence-corrected chi connectivity index (χ3v) is 7.45. The Hall–Kier alpha value is -2.39. The van der Waals surface area contributed by atoms with Crippen molar-refractivity contribution in [1.82, 2.24) is 5.01 Å². The molecule has 2 bridgehead atoms. The molecule has 0 unspecified atom stereocenters. The smallest absolute Gasteiger partial charge is 0.254 e. The fraction of sp³-hybridized carbons (Fsp3) is 0.320. The van der Waals surface area contributed by atoms with Crippen molar-refractivity contribution in [3.63, 3.8) is 0 Å². The maximum atomic E-state index is 12.8. The largest absolute Gasteiger partial charge is 0.490 e. The van der Waals surface area contributed by atoms with Crippen LogP contribution in [0.25, 0.3) is 0 Å². The van der Waals surface area contributed by atoms with Gasteiger partial charge in [0.2, 0.25) is 0 Å². The SMILES string of the molecule is CCOc1cc(/C=N\N2C(=O)[C@@H]3[C@H](C2=O)[C@H]2C=C[C@H]3C2)cc(I)c1OCc1ccc(Cl)cc1. The maximum Gasteiger partial charge on any atom is 0.254 e. The first-order valence-electron chi connectivity index (χ1n) is 10.9. The minimum absolute atomic E-state index is 0.166. The predicted molar refractivity (Wildman–Crippen MR) is 133 cm³/mol. The van der Waals surface area contributed by atoms with Crippen LogP contribution in [0.2, 0.25) is 5.02 Å². The first-order chi connectivity index (χ1) is 16.0. The quantitative estimate of drug-likeness (QED) is 0.200. The highest BCUT2D eigenvalue weighted by molar-refractivity contribution is 14.1. The van der Waals surface area contributed by atoms with E-state index in [2.05, 4.69) is 39.8 Å². The van der Waals surface area contributed by atoms with Gasteiger partial charge in [-0.2, -0.15) is 10.1 Å². The Balaban J connectivity index is 1.34. The van der Waals surface area contributed by atoms with E-state index in [0.717, 1.165) is 26.1 Å². The minimum Gasteiger partial charge on any atom is -0.490 e. The Labute approximate surface area is 210 Å². The second-order valence-corrected chi connectivity index (χ2v) is 10.0. The molecule has 1 saturated carbocycles. The third kappa shape index (κ3) is 4.17. The molecule has 2 fully saturated rings. The Morgan fingerprint density at radius 3 is 2.39 bits per heavy atom. The summed E-state index contributed by atoms with van der Waals surface area (Å²) in [6.07, 6.45) is 6.59. The first kappa shape index (κ1) is 22.4. The molecule has 2 aromatic carbocycles. The lowest BCUT2D eigenvalue weighted by molar-refractivity contribution is -0.140. The molecule has 170 valence electrons. The lowest BCUT2D eigenvalue weighted by atomic mass is 9.85. The van der Waals surface area contributed by atoms with Gasteiger partial charge in [0.15, 0.2) is 11.5 Å². The molecular weight excluding hydrogens is 555 g/mol. The number of fused-ring (bicyclic) bond motifs is 5. The summed E-state index contributed by atoms with van der Waals surface area (Å²) in [5.74, 6) is 0.646. The summed E-state index contributed by atoms with van der Waals surface area (Å²) >= 11 is 8.14. The highest BCUT2D eigenvalue weighted by atomic mass is 127. The van der Waals surface area contributed by atoms with Crippen molar-refractivity contribution in [1.29, 1.82) is 0 Å². The lowest BCUT2D eigenvalue weighted by Crippen LogP contribution is -2.28. The van der Waals surface area contributed by atoms with Crippen LogP contribution in [0, 0.1) is 27.2 Å². The molecule has 4 atom stereocenters. The average Bonchev–Trinajstić information content (AvgIpc) is 3.47. The lowest BCUT2D eigenvalue weighted by Gasteiger charge is -2.15. The van der Waals surface area contributed by atoms with Gasteiger partial charge >= 0.3 is 0 Å². The number of hydrogen-bond acceptors (Lipinski definition) is 5. The fourth-order valence-corrected chi connectivity index (χ4v) is 5.83. The minimum atomic E-state index is -0.257. The number of rotatable bonds is 7. The Morgan fingerprint density at radius 1 is 1.09 bits per heavy atom. The number of benzene rings is 2. The molecule has 1 heterocycles. The van der Waals surface area contributed by atoms with E-state index in [9.17, 15) is 9.59 Å². The molecule has 5 rings (SSSR count). The number of ether oxygens (including phenoxy) is 2. The van der Waals surface area contributed by atoms with Crippen LogP contribution in [-0.2, 0) is 16.2 Å². The van der Waals surface area contributed by atoms with Gasteiger partial charge in [-0.15, -0.1) is 0 Å². The Bertz CT molecular complexity index is 1130. The number of amides is 2. The number of nitrogens with zero attached hydrogens (tertiary/aromatic N) is 2. The molecule has 1 aliphatic heterocycles. The molecule has 2 aliphatic carbocycles. The van der Waals surface area contributed by atoms with E-state index in [1.165, 1.54) is 0 Å². The number of halogens is 2. The summed E-state index contributed by atoms with van der Waals surface area (Å²) in [6.45, 7) is 2.74. The molecular formula is C25H22ClIN2O4. The van der Waals surface area contributed by atoms with E-state index < -0.39 is 0 Å². The molecule has 8 heteroatoms. The number of imide groups is 1. The van der Waals surface area contributed by atoms with Gasteiger partial charge in [-0.25, -0.2) is 0 Å². The van der Waals surface area contributed by atoms with Crippen molar-refractivity contribution in [2.24, 2.45) is 28.8 Å². The number of hydrogen-bond donors (Lipinski definition) is 0. The van der Waals surface area contributed by atoms with Crippen LogP contribution in [0.4, 0.5) is 0 Å². The summed E-state index contributed by atoms with van der Waals surface area (Å²) in [4.78, 5) is 25.7. The van der Waals surface area contributed by atoms with Crippen molar-refractivity contribution in [2.45, 2.75) is 20.0 Å². The normalized spacial score (nSPS) is 25.4. The summed E-state index contributed by atoms with van der Waals surface area (Å²) in [5, 5.41) is 6.01. The summed E-state index contributed by atoms with van der Waals surface area (Å²) < 4.78 is 12.7. The van der Waals surface area contributed by atoms with Gasteiger partial charge < -0.3 is 9.47 Å². The van der Waals surface area contributed by atoms with Crippen LogP contribution in [0.3, 0.4) is 0 Å². The molecule has 0 aromatic heterocycles. The topological polar surface area (TPSA) is 68.2 Å². The molecule has 6 nitrogen and oxygen atoms in total. The van der Waals surface area contributed by atoms with E-state index in [1.54, 1.807) is 6.21 Å². The second kappa shape index (κ2) is 9.10. The van der Waals surface area contributed by atoms with Crippen LogP contribution in [0.15, 0.2) is 53.7 Å². The van der Waals surface area contributed by atoms with Crippen LogP contribution in [0.5, 0.6) is 11.5 Å². The van der Waals surface area contributed by atoms with E-state index >= 15 is 0 Å². The van der Waals surface area contributed by atoms with Gasteiger partial charge in [0.05, 0.1) is 28.2 Å². The van der Waals surface area contributed by atoms with E-state index in [-0.39, 0.29) is 35.5 Å². The van der Waals surface area contributed by atoms with Crippen LogP contribution < -0.4 is 9.47 Å². The standard InChI is InChI=1S/C25H22ClIN2O4/c1-2-32-20-10-15(9-19(27)23(20)33-13-14-3-7-18(26)8-4-14)12-28-29-24(30)21-16-5-6-17(11-16)22(21)25(29)31/h3-10,12,16-17,21-22H,2,11,13H2,1H3/b28-12-/t16-,17-,21-,22+/m0/s1. The molecule has 3 aliphatic rings.